The van der Waals surface area contributed by atoms with Gasteiger partial charge in [-0.1, -0.05) is 17.7 Å². The first kappa shape index (κ1) is 18.1. The molecule has 134 valence electrons. The van der Waals surface area contributed by atoms with Gasteiger partial charge in [-0.3, -0.25) is 4.98 Å². The number of hydrogen-bond acceptors (Lipinski definition) is 5. The minimum atomic E-state index is -0.211. The summed E-state index contributed by atoms with van der Waals surface area (Å²) in [4.78, 5) is 12.9. The molecule has 3 rings (SSSR count). The van der Waals surface area contributed by atoms with Crippen LogP contribution in [0.3, 0.4) is 0 Å². The average Bonchev–Trinajstić information content (AvgIpc) is 3.15. The highest BCUT2D eigenvalue weighted by Gasteiger charge is 2.55. The van der Waals surface area contributed by atoms with E-state index in [0.29, 0.717) is 23.5 Å². The molecule has 25 heavy (non-hydrogen) atoms. The van der Waals surface area contributed by atoms with E-state index in [2.05, 4.69) is 47.9 Å². The second kappa shape index (κ2) is 6.89. The lowest BCUT2D eigenvalue weighted by atomic mass is 10.2. The van der Waals surface area contributed by atoms with Gasteiger partial charge < -0.3 is 9.47 Å². The fourth-order valence-electron chi connectivity index (χ4n) is 2.93. The maximum atomic E-state index is 6.22. The molecule has 1 aliphatic carbocycles. The Morgan fingerprint density at radius 1 is 1.16 bits per heavy atom. The Morgan fingerprint density at radius 2 is 1.92 bits per heavy atom. The van der Waals surface area contributed by atoms with Crippen molar-refractivity contribution in [3.05, 3.63) is 46.6 Å². The molecule has 1 aliphatic rings. The first-order valence-electron chi connectivity index (χ1n) is 8.47. The quantitative estimate of drug-likeness (QED) is 0.750. The molecular weight excluding hydrogens is 338 g/mol. The van der Waals surface area contributed by atoms with Gasteiger partial charge in [-0.15, -0.1) is 0 Å². The van der Waals surface area contributed by atoms with E-state index in [9.17, 15) is 0 Å². The van der Waals surface area contributed by atoms with Gasteiger partial charge in [-0.25, -0.2) is 4.98 Å². The molecule has 6 heteroatoms. The highest BCUT2D eigenvalue weighted by atomic mass is 35.5. The molecule has 2 aromatic heterocycles. The Hall–Kier alpha value is -1.72. The first-order chi connectivity index (χ1) is 11.7. The zero-order valence-electron chi connectivity index (χ0n) is 15.3. The molecule has 0 spiro atoms. The molecular formula is C19H24ClN3O2. The van der Waals surface area contributed by atoms with Gasteiger partial charge in [0.1, 0.15) is 11.0 Å². The lowest BCUT2D eigenvalue weighted by Gasteiger charge is -2.20. The SMILES string of the molecule is Cc1ccc(C2C(COc3cc(Cl)nc(C)n3)C2OC(C)(C)C)nc1. The molecule has 0 aliphatic heterocycles. The molecule has 1 fully saturated rings. The third-order valence-corrected chi connectivity index (χ3v) is 4.26. The molecule has 0 aromatic carbocycles. The van der Waals surface area contributed by atoms with Gasteiger partial charge >= 0.3 is 0 Å². The average molecular weight is 362 g/mol. The van der Waals surface area contributed by atoms with Crippen LogP contribution in [0.15, 0.2) is 24.4 Å². The van der Waals surface area contributed by atoms with Crippen molar-refractivity contribution >= 4 is 11.6 Å². The van der Waals surface area contributed by atoms with Crippen LogP contribution in [-0.4, -0.2) is 33.3 Å². The largest absolute Gasteiger partial charge is 0.477 e. The minimum Gasteiger partial charge on any atom is -0.477 e. The number of hydrogen-bond donors (Lipinski definition) is 0. The topological polar surface area (TPSA) is 57.1 Å². The summed E-state index contributed by atoms with van der Waals surface area (Å²) in [7, 11) is 0. The van der Waals surface area contributed by atoms with E-state index < -0.39 is 0 Å². The molecule has 2 aromatic rings. The standard InChI is InChI=1S/C19H24ClN3O2/c1-11-6-7-14(21-9-11)17-13(18(17)25-19(3,4)5)10-24-16-8-15(20)22-12(2)23-16/h6-9,13,17-18H,10H2,1-5H3. The Morgan fingerprint density at radius 3 is 2.52 bits per heavy atom. The summed E-state index contributed by atoms with van der Waals surface area (Å²) in [6.07, 6.45) is 1.99. The zero-order chi connectivity index (χ0) is 18.2. The molecule has 2 heterocycles. The van der Waals surface area contributed by atoms with E-state index in [0.717, 1.165) is 11.3 Å². The Labute approximate surface area is 153 Å². The van der Waals surface area contributed by atoms with Gasteiger partial charge in [0.15, 0.2) is 0 Å². The first-order valence-corrected chi connectivity index (χ1v) is 8.85. The number of halogens is 1. The number of rotatable bonds is 5. The highest BCUT2D eigenvalue weighted by Crippen LogP contribution is 2.51. The number of ether oxygens (including phenoxy) is 2. The van der Waals surface area contributed by atoms with Crippen LogP contribution in [0.25, 0.3) is 0 Å². The van der Waals surface area contributed by atoms with Gasteiger partial charge in [-0.05, 0) is 46.2 Å². The highest BCUT2D eigenvalue weighted by molar-refractivity contribution is 6.29. The molecule has 3 atom stereocenters. The van der Waals surface area contributed by atoms with Crippen LogP contribution in [0.1, 0.15) is 43.8 Å². The monoisotopic (exact) mass is 361 g/mol. The minimum absolute atomic E-state index is 0.0913. The van der Waals surface area contributed by atoms with Gasteiger partial charge in [0.2, 0.25) is 5.88 Å². The van der Waals surface area contributed by atoms with Crippen LogP contribution in [-0.2, 0) is 4.74 Å². The smallest absolute Gasteiger partial charge is 0.218 e. The van der Waals surface area contributed by atoms with Crippen molar-refractivity contribution in [3.8, 4) is 5.88 Å². The molecule has 1 saturated carbocycles. The third kappa shape index (κ3) is 4.67. The van der Waals surface area contributed by atoms with Crippen LogP contribution in [0.4, 0.5) is 0 Å². The number of pyridine rings is 1. The lowest BCUT2D eigenvalue weighted by molar-refractivity contribution is -0.0261. The van der Waals surface area contributed by atoms with Crippen LogP contribution < -0.4 is 4.74 Å². The maximum absolute atomic E-state index is 6.22. The number of aromatic nitrogens is 3. The predicted octanol–water partition coefficient (Wildman–Crippen LogP) is 4.12. The maximum Gasteiger partial charge on any atom is 0.218 e. The second-order valence-electron chi connectivity index (χ2n) is 7.53. The number of nitrogens with zero attached hydrogens (tertiary/aromatic N) is 3. The van der Waals surface area contributed by atoms with E-state index >= 15 is 0 Å². The Balaban J connectivity index is 1.71. The van der Waals surface area contributed by atoms with Gasteiger partial charge in [0, 0.05) is 29.8 Å². The summed E-state index contributed by atoms with van der Waals surface area (Å²) >= 11 is 5.97. The molecule has 0 radical (unpaired) electrons. The zero-order valence-corrected chi connectivity index (χ0v) is 16.0. The van der Waals surface area contributed by atoms with E-state index in [1.165, 1.54) is 0 Å². The number of aryl methyl sites for hydroxylation is 2. The summed E-state index contributed by atoms with van der Waals surface area (Å²) in [5.74, 6) is 1.56. The lowest BCUT2D eigenvalue weighted by Crippen LogP contribution is -2.22. The van der Waals surface area contributed by atoms with Crippen LogP contribution in [0.2, 0.25) is 5.15 Å². The van der Waals surface area contributed by atoms with Crippen molar-refractivity contribution in [2.45, 2.75) is 52.2 Å². The predicted molar refractivity (Wildman–Crippen MR) is 97.1 cm³/mol. The van der Waals surface area contributed by atoms with Crippen molar-refractivity contribution in [1.82, 2.24) is 15.0 Å². The molecule has 0 amide bonds. The van der Waals surface area contributed by atoms with Gasteiger partial charge in [-0.2, -0.15) is 4.98 Å². The summed E-state index contributed by atoms with van der Waals surface area (Å²) in [6, 6.07) is 5.79. The molecule has 5 nitrogen and oxygen atoms in total. The van der Waals surface area contributed by atoms with E-state index in [-0.39, 0.29) is 23.5 Å². The van der Waals surface area contributed by atoms with Crippen molar-refractivity contribution in [2.75, 3.05) is 6.61 Å². The summed E-state index contributed by atoms with van der Waals surface area (Å²) in [6.45, 7) is 10.5. The Bertz CT molecular complexity index is 723. The van der Waals surface area contributed by atoms with E-state index in [1.54, 1.807) is 13.0 Å². The van der Waals surface area contributed by atoms with Crippen LogP contribution in [0, 0.1) is 19.8 Å². The summed E-state index contributed by atoms with van der Waals surface area (Å²) < 4.78 is 12.1. The van der Waals surface area contributed by atoms with Crippen molar-refractivity contribution < 1.29 is 9.47 Å². The van der Waals surface area contributed by atoms with Crippen molar-refractivity contribution in [1.29, 1.82) is 0 Å². The van der Waals surface area contributed by atoms with E-state index in [4.69, 9.17) is 21.1 Å². The van der Waals surface area contributed by atoms with Gasteiger partial charge in [0.05, 0.1) is 18.3 Å². The normalized spacial score (nSPS) is 22.7. The van der Waals surface area contributed by atoms with Crippen molar-refractivity contribution in [2.24, 2.45) is 5.92 Å². The molecule has 0 saturated heterocycles. The fourth-order valence-corrected chi connectivity index (χ4v) is 3.15. The van der Waals surface area contributed by atoms with Gasteiger partial charge in [0.25, 0.3) is 0 Å². The fraction of sp³-hybridized carbons (Fsp3) is 0.526. The summed E-state index contributed by atoms with van der Waals surface area (Å²) in [5.41, 5.74) is 1.99. The molecule has 0 N–H and O–H groups in total. The molecule has 0 bridgehead atoms. The third-order valence-electron chi connectivity index (χ3n) is 4.07. The molecule has 3 unspecified atom stereocenters. The summed E-state index contributed by atoms with van der Waals surface area (Å²) in [5, 5.41) is 0.387. The van der Waals surface area contributed by atoms with E-state index in [1.807, 2.05) is 13.1 Å². The Kier molecular flexibility index (Phi) is 4.98. The van der Waals surface area contributed by atoms with Crippen LogP contribution in [0.5, 0.6) is 5.88 Å². The van der Waals surface area contributed by atoms with Crippen LogP contribution >= 0.6 is 11.6 Å². The van der Waals surface area contributed by atoms with Crippen molar-refractivity contribution in [3.63, 3.8) is 0 Å². The second-order valence-corrected chi connectivity index (χ2v) is 7.92.